The zero-order valence-electron chi connectivity index (χ0n) is 13.5. The first kappa shape index (κ1) is 14.3. The van der Waals surface area contributed by atoms with E-state index in [1.807, 2.05) is 0 Å². The summed E-state index contributed by atoms with van der Waals surface area (Å²) >= 11 is 0. The SMILES string of the molecule is CC12CCC3C(CC=C4CC(O)CC[C@@]43C)C1CCC2O. The minimum Gasteiger partial charge on any atom is -0.393 e. The third kappa shape index (κ3) is 1.84. The summed E-state index contributed by atoms with van der Waals surface area (Å²) in [5, 5.41) is 20.5. The van der Waals surface area contributed by atoms with Crippen LogP contribution in [0.2, 0.25) is 0 Å². The second kappa shape index (κ2) is 4.58. The highest BCUT2D eigenvalue weighted by Gasteiger charge is 2.58. The maximum absolute atomic E-state index is 10.5. The van der Waals surface area contributed by atoms with Gasteiger partial charge in [-0.15, -0.1) is 0 Å². The van der Waals surface area contributed by atoms with Crippen LogP contribution in [-0.4, -0.2) is 22.4 Å². The Bertz CT molecular complexity index is 470. The van der Waals surface area contributed by atoms with E-state index in [2.05, 4.69) is 19.9 Å². The molecule has 4 aliphatic carbocycles. The summed E-state index contributed by atoms with van der Waals surface area (Å²) in [6, 6.07) is 0. The zero-order chi connectivity index (χ0) is 14.8. The van der Waals surface area contributed by atoms with Crippen molar-refractivity contribution in [2.45, 2.75) is 77.4 Å². The number of allylic oxidation sites excluding steroid dienone is 1. The molecule has 7 atom stereocenters. The first-order valence-electron chi connectivity index (χ1n) is 9.01. The quantitative estimate of drug-likeness (QED) is 0.668. The van der Waals surface area contributed by atoms with Gasteiger partial charge in [0, 0.05) is 0 Å². The van der Waals surface area contributed by atoms with Crippen molar-refractivity contribution in [3.8, 4) is 0 Å². The van der Waals surface area contributed by atoms with E-state index < -0.39 is 0 Å². The highest BCUT2D eigenvalue weighted by molar-refractivity contribution is 5.25. The van der Waals surface area contributed by atoms with Crippen molar-refractivity contribution < 1.29 is 10.2 Å². The summed E-state index contributed by atoms with van der Waals surface area (Å²) in [7, 11) is 0. The van der Waals surface area contributed by atoms with Gasteiger partial charge >= 0.3 is 0 Å². The third-order valence-electron chi connectivity index (χ3n) is 8.03. The van der Waals surface area contributed by atoms with E-state index in [4.69, 9.17) is 0 Å². The first-order valence-corrected chi connectivity index (χ1v) is 9.01. The molecule has 0 radical (unpaired) electrons. The van der Waals surface area contributed by atoms with Gasteiger partial charge in [0.05, 0.1) is 12.2 Å². The molecule has 2 nitrogen and oxygen atoms in total. The van der Waals surface area contributed by atoms with E-state index in [0.717, 1.165) is 37.5 Å². The number of rotatable bonds is 0. The highest BCUT2D eigenvalue weighted by atomic mass is 16.3. The van der Waals surface area contributed by atoms with Gasteiger partial charge < -0.3 is 10.2 Å². The predicted octanol–water partition coefficient (Wildman–Crippen LogP) is 3.67. The molecule has 21 heavy (non-hydrogen) atoms. The average Bonchev–Trinajstić information content (AvgIpc) is 2.76. The lowest BCUT2D eigenvalue weighted by Crippen LogP contribution is -2.51. The molecule has 0 amide bonds. The fourth-order valence-corrected chi connectivity index (χ4v) is 6.61. The van der Waals surface area contributed by atoms with Gasteiger partial charge in [-0.05, 0) is 80.0 Å². The number of aliphatic hydroxyl groups is 2. The monoisotopic (exact) mass is 290 g/mol. The molecular weight excluding hydrogens is 260 g/mol. The van der Waals surface area contributed by atoms with E-state index in [1.54, 1.807) is 5.57 Å². The van der Waals surface area contributed by atoms with Crippen molar-refractivity contribution in [1.29, 1.82) is 0 Å². The summed E-state index contributed by atoms with van der Waals surface area (Å²) in [6.07, 6.45) is 11.2. The van der Waals surface area contributed by atoms with Crippen LogP contribution in [0.5, 0.6) is 0 Å². The Morgan fingerprint density at radius 3 is 2.62 bits per heavy atom. The maximum atomic E-state index is 10.5. The molecule has 0 aromatic carbocycles. The van der Waals surface area contributed by atoms with E-state index >= 15 is 0 Å². The molecule has 0 aliphatic heterocycles. The molecule has 0 aromatic rings. The summed E-state index contributed by atoms with van der Waals surface area (Å²) in [4.78, 5) is 0. The molecule has 2 N–H and O–H groups in total. The number of aliphatic hydroxyl groups excluding tert-OH is 2. The molecule has 0 saturated heterocycles. The van der Waals surface area contributed by atoms with Crippen LogP contribution >= 0.6 is 0 Å². The van der Waals surface area contributed by atoms with Crippen LogP contribution in [0.15, 0.2) is 11.6 Å². The Hall–Kier alpha value is -0.340. The van der Waals surface area contributed by atoms with Crippen molar-refractivity contribution in [3.63, 3.8) is 0 Å². The normalized spacial score (nSPS) is 56.2. The van der Waals surface area contributed by atoms with Crippen molar-refractivity contribution in [2.24, 2.45) is 28.6 Å². The van der Waals surface area contributed by atoms with Gasteiger partial charge in [0.25, 0.3) is 0 Å². The van der Waals surface area contributed by atoms with Gasteiger partial charge in [0.15, 0.2) is 0 Å². The summed E-state index contributed by atoms with van der Waals surface area (Å²) in [5.41, 5.74) is 2.05. The van der Waals surface area contributed by atoms with Gasteiger partial charge in [-0.2, -0.15) is 0 Å². The fourth-order valence-electron chi connectivity index (χ4n) is 6.61. The number of fused-ring (bicyclic) bond motifs is 5. The standard InChI is InChI=1S/C19H30O2/c1-18-9-7-13(20)11-12(18)3-4-14-15-5-6-17(21)19(15,2)10-8-16(14)18/h3,13-17,20-21H,4-11H2,1-2H3/t13?,14?,15?,16?,17?,18-,19?/m0/s1. The Balaban J connectivity index is 1.68. The van der Waals surface area contributed by atoms with Crippen LogP contribution in [0.25, 0.3) is 0 Å². The average molecular weight is 290 g/mol. The number of hydrogen-bond donors (Lipinski definition) is 2. The van der Waals surface area contributed by atoms with Crippen molar-refractivity contribution in [1.82, 2.24) is 0 Å². The van der Waals surface area contributed by atoms with E-state index in [0.29, 0.717) is 11.3 Å². The van der Waals surface area contributed by atoms with Gasteiger partial charge in [-0.25, -0.2) is 0 Å². The van der Waals surface area contributed by atoms with Crippen LogP contribution in [-0.2, 0) is 0 Å². The molecule has 0 spiro atoms. The van der Waals surface area contributed by atoms with Crippen molar-refractivity contribution in [2.75, 3.05) is 0 Å². The third-order valence-corrected chi connectivity index (χ3v) is 8.03. The van der Waals surface area contributed by atoms with Gasteiger partial charge in [0.2, 0.25) is 0 Å². The second-order valence-electron chi connectivity index (χ2n) is 8.79. The molecular formula is C19H30O2. The Morgan fingerprint density at radius 1 is 1.00 bits per heavy atom. The van der Waals surface area contributed by atoms with Crippen LogP contribution < -0.4 is 0 Å². The molecule has 4 rings (SSSR count). The van der Waals surface area contributed by atoms with Crippen molar-refractivity contribution >= 4 is 0 Å². The van der Waals surface area contributed by atoms with Gasteiger partial charge in [0.1, 0.15) is 0 Å². The molecule has 6 unspecified atom stereocenters. The predicted molar refractivity (Wildman–Crippen MR) is 83.7 cm³/mol. The zero-order valence-corrected chi connectivity index (χ0v) is 13.5. The lowest BCUT2D eigenvalue weighted by molar-refractivity contribution is -0.0711. The highest BCUT2D eigenvalue weighted by Crippen LogP contribution is 2.64. The molecule has 2 heteroatoms. The Kier molecular flexibility index (Phi) is 3.11. The van der Waals surface area contributed by atoms with Gasteiger partial charge in [-0.1, -0.05) is 25.5 Å². The van der Waals surface area contributed by atoms with Gasteiger partial charge in [-0.3, -0.25) is 0 Å². The minimum atomic E-state index is -0.108. The molecule has 0 heterocycles. The van der Waals surface area contributed by atoms with E-state index in [-0.39, 0.29) is 17.6 Å². The minimum absolute atomic E-state index is 0.0742. The topological polar surface area (TPSA) is 40.5 Å². The van der Waals surface area contributed by atoms with Crippen molar-refractivity contribution in [3.05, 3.63) is 11.6 Å². The second-order valence-corrected chi connectivity index (χ2v) is 8.79. The fraction of sp³-hybridized carbons (Fsp3) is 0.895. The van der Waals surface area contributed by atoms with Crippen LogP contribution in [0.3, 0.4) is 0 Å². The smallest absolute Gasteiger partial charge is 0.0596 e. The molecule has 0 aromatic heterocycles. The molecule has 0 bridgehead atoms. The first-order chi connectivity index (χ1) is 9.95. The lowest BCUT2D eigenvalue weighted by Gasteiger charge is -2.57. The lowest BCUT2D eigenvalue weighted by atomic mass is 9.48. The van der Waals surface area contributed by atoms with Crippen LogP contribution in [0, 0.1) is 28.6 Å². The Morgan fingerprint density at radius 2 is 1.81 bits per heavy atom. The molecule has 118 valence electrons. The molecule has 3 saturated carbocycles. The molecule has 3 fully saturated rings. The maximum Gasteiger partial charge on any atom is 0.0596 e. The van der Waals surface area contributed by atoms with E-state index in [1.165, 1.54) is 25.7 Å². The summed E-state index contributed by atoms with van der Waals surface area (Å²) in [6.45, 7) is 4.81. The Labute approximate surface area is 128 Å². The largest absolute Gasteiger partial charge is 0.393 e. The summed E-state index contributed by atoms with van der Waals surface area (Å²) < 4.78 is 0. The summed E-state index contributed by atoms with van der Waals surface area (Å²) in [5.74, 6) is 2.27. The number of hydrogen-bond acceptors (Lipinski definition) is 2. The van der Waals surface area contributed by atoms with Crippen LogP contribution in [0.4, 0.5) is 0 Å². The van der Waals surface area contributed by atoms with E-state index in [9.17, 15) is 10.2 Å². The molecule has 4 aliphatic rings. The van der Waals surface area contributed by atoms with Crippen LogP contribution in [0.1, 0.15) is 65.2 Å².